The minimum Gasteiger partial charge on any atom is -1.00 e. The maximum atomic E-state index is 10.5. The Morgan fingerprint density at radius 1 is 1.46 bits per heavy atom. The van der Waals surface area contributed by atoms with Crippen LogP contribution in [-0.4, -0.2) is 48.8 Å². The molecule has 6 heteroatoms. The van der Waals surface area contributed by atoms with Crippen LogP contribution in [0.1, 0.15) is 6.92 Å². The number of rotatable bonds is 2. The first kappa shape index (κ1) is 14.8. The Kier molecular flexibility index (Phi) is 6.66. The Labute approximate surface area is 88.3 Å². The van der Waals surface area contributed by atoms with Gasteiger partial charge in [-0.15, -0.1) is 4.79 Å². The largest absolute Gasteiger partial charge is 1.00 e. The molecule has 0 amide bonds. The number of hydrogen-bond acceptors (Lipinski definition) is 2. The predicted molar refractivity (Wildman–Crippen MR) is 43.3 cm³/mol. The van der Waals surface area contributed by atoms with E-state index >= 15 is 0 Å². The topological polar surface area (TPSA) is 62.7 Å². The molecule has 13 heavy (non-hydrogen) atoms. The van der Waals surface area contributed by atoms with Crippen molar-refractivity contribution in [2.24, 2.45) is 0 Å². The number of carbonyl (C=O) groups excluding carboxylic acids is 1. The molecule has 0 aliphatic carbocycles. The number of hydrogen-bond donors (Lipinski definition) is 0. The van der Waals surface area contributed by atoms with Crippen molar-refractivity contribution < 1.29 is 35.8 Å². The fraction of sp³-hybridized carbons (Fsp3) is 0.714. The van der Waals surface area contributed by atoms with Gasteiger partial charge < -0.3 is 31.7 Å². The van der Waals surface area contributed by atoms with Gasteiger partial charge in [0.1, 0.15) is 0 Å². The van der Waals surface area contributed by atoms with E-state index in [1.54, 1.807) is 0 Å². The maximum absolute atomic E-state index is 10.5. The van der Waals surface area contributed by atoms with Crippen LogP contribution in [0.2, 0.25) is 0 Å². The molecule has 0 fully saturated rings. The molecule has 0 unspecified atom stereocenters. The zero-order valence-electron chi connectivity index (χ0n) is 8.24. The Morgan fingerprint density at radius 3 is 2.15 bits per heavy atom. The molecular weight excluding hydrogens is 238 g/mol. The van der Waals surface area contributed by atoms with Gasteiger partial charge in [-0.05, 0) is 0 Å². The molecule has 0 saturated heterocycles. The fourth-order valence-corrected chi connectivity index (χ4v) is 0.656. The highest BCUT2D eigenvalue weighted by atomic mass is 79.9. The molecule has 0 aromatic carbocycles. The second kappa shape index (κ2) is 5.85. The number of ether oxygens (including phenoxy) is 1. The number of nitrogens with zero attached hydrogens (tertiary/aromatic N) is 3. The van der Waals surface area contributed by atoms with Gasteiger partial charge in [-0.2, -0.15) is 0 Å². The van der Waals surface area contributed by atoms with Crippen LogP contribution in [0.5, 0.6) is 0 Å². The lowest BCUT2D eigenvalue weighted by atomic mass is 10.5. The highest BCUT2D eigenvalue weighted by Crippen LogP contribution is 1.91. The molecule has 0 heterocycles. The third kappa shape index (κ3) is 9.20. The summed E-state index contributed by atoms with van der Waals surface area (Å²) in [5.41, 5.74) is 8.44. The summed E-state index contributed by atoms with van der Waals surface area (Å²) in [5.74, 6) is -0.439. The van der Waals surface area contributed by atoms with Crippen molar-refractivity contribution in [2.45, 2.75) is 6.92 Å². The lowest BCUT2D eigenvalue weighted by Gasteiger charge is -2.19. The minimum atomic E-state index is -0.476. The van der Waals surface area contributed by atoms with Crippen LogP contribution < -0.4 is 17.0 Å². The SMILES string of the molecule is CC(=O)OC(C[N+](C)(C)C)=[N+]=[N-].[Br-]. The standard InChI is InChI=1S/C7H14N3O2.BrH/c1-6(11)12-7(9-8)5-10(2,3)4;/h5H2,1-4H3;1H/q+1;/p-1. The summed E-state index contributed by atoms with van der Waals surface area (Å²) in [6, 6.07) is 0. The van der Waals surface area contributed by atoms with Crippen molar-refractivity contribution in [3.05, 3.63) is 5.53 Å². The first-order valence-corrected chi connectivity index (χ1v) is 3.55. The van der Waals surface area contributed by atoms with Gasteiger partial charge in [-0.25, -0.2) is 0 Å². The molecular formula is C7H14BrN3O2. The molecule has 0 aromatic heterocycles. The van der Waals surface area contributed by atoms with E-state index in [2.05, 4.69) is 9.53 Å². The lowest BCUT2D eigenvalue weighted by molar-refractivity contribution is -0.862. The molecule has 0 aromatic rings. The molecule has 0 N–H and O–H groups in total. The van der Waals surface area contributed by atoms with Crippen LogP contribution in [0.15, 0.2) is 0 Å². The van der Waals surface area contributed by atoms with E-state index in [1.165, 1.54) is 6.92 Å². The second-order valence-electron chi connectivity index (χ2n) is 3.54. The van der Waals surface area contributed by atoms with Crippen molar-refractivity contribution >= 4 is 11.9 Å². The first-order valence-electron chi connectivity index (χ1n) is 3.55. The van der Waals surface area contributed by atoms with E-state index in [9.17, 15) is 4.79 Å². The van der Waals surface area contributed by atoms with Crippen molar-refractivity contribution in [3.63, 3.8) is 0 Å². The highest BCUT2D eigenvalue weighted by Gasteiger charge is 2.22. The summed E-state index contributed by atoms with van der Waals surface area (Å²) in [5, 5.41) is 0. The van der Waals surface area contributed by atoms with Crippen molar-refractivity contribution in [3.8, 4) is 0 Å². The van der Waals surface area contributed by atoms with Crippen LogP contribution in [0.4, 0.5) is 0 Å². The number of esters is 1. The lowest BCUT2D eigenvalue weighted by Crippen LogP contribution is -3.00. The zero-order valence-corrected chi connectivity index (χ0v) is 9.83. The third-order valence-corrected chi connectivity index (χ3v) is 0.983. The van der Waals surface area contributed by atoms with E-state index in [0.717, 1.165) is 0 Å². The third-order valence-electron chi connectivity index (χ3n) is 0.983. The average Bonchev–Trinajstić information content (AvgIpc) is 1.82. The van der Waals surface area contributed by atoms with Crippen LogP contribution in [0.3, 0.4) is 0 Å². The van der Waals surface area contributed by atoms with E-state index < -0.39 is 5.97 Å². The van der Waals surface area contributed by atoms with Crippen LogP contribution in [0.25, 0.3) is 5.53 Å². The minimum absolute atomic E-state index is 0. The number of carbonyl (C=O) groups is 1. The average molecular weight is 252 g/mol. The van der Waals surface area contributed by atoms with Gasteiger partial charge in [0.25, 0.3) is 0 Å². The second-order valence-corrected chi connectivity index (χ2v) is 3.54. The van der Waals surface area contributed by atoms with Gasteiger partial charge in [0.05, 0.1) is 21.1 Å². The quantitative estimate of drug-likeness (QED) is 0.130. The molecule has 0 bridgehead atoms. The van der Waals surface area contributed by atoms with Gasteiger partial charge in [-0.1, -0.05) is 0 Å². The van der Waals surface area contributed by atoms with E-state index in [-0.39, 0.29) is 22.9 Å². The fourth-order valence-electron chi connectivity index (χ4n) is 0.656. The summed E-state index contributed by atoms with van der Waals surface area (Å²) < 4.78 is 5.16. The number of likely N-dealkylation sites (N-methyl/N-ethyl adjacent to an activating group) is 1. The van der Waals surface area contributed by atoms with Gasteiger partial charge >= 0.3 is 11.9 Å². The number of halogens is 1. The summed E-state index contributed by atoms with van der Waals surface area (Å²) in [6.45, 7) is 1.64. The van der Waals surface area contributed by atoms with Crippen molar-refractivity contribution in [2.75, 3.05) is 27.7 Å². The molecule has 0 aliphatic heterocycles. The molecule has 5 nitrogen and oxygen atoms in total. The number of quaternary nitrogens is 1. The Bertz CT molecular complexity index is 228. The summed E-state index contributed by atoms with van der Waals surface area (Å²) in [7, 11) is 5.69. The molecule has 0 rings (SSSR count). The smallest absolute Gasteiger partial charge is 0.512 e. The van der Waals surface area contributed by atoms with Gasteiger partial charge in [-0.3, -0.25) is 4.79 Å². The molecule has 0 saturated carbocycles. The van der Waals surface area contributed by atoms with E-state index in [0.29, 0.717) is 11.0 Å². The predicted octanol–water partition coefficient (Wildman–Crippen LogP) is -3.11. The molecule has 0 atom stereocenters. The monoisotopic (exact) mass is 251 g/mol. The molecule has 0 radical (unpaired) electrons. The zero-order chi connectivity index (χ0) is 9.78. The molecule has 0 spiro atoms. The first-order chi connectivity index (χ1) is 5.35. The Balaban J connectivity index is 0. The van der Waals surface area contributed by atoms with Crippen LogP contribution >= 0.6 is 0 Å². The normalized spacial score (nSPS) is 9.54. The van der Waals surface area contributed by atoms with Gasteiger partial charge in [0.15, 0.2) is 0 Å². The van der Waals surface area contributed by atoms with Crippen molar-refractivity contribution in [1.29, 1.82) is 0 Å². The van der Waals surface area contributed by atoms with Gasteiger partial charge in [0, 0.05) is 6.92 Å². The van der Waals surface area contributed by atoms with Crippen LogP contribution in [0, 0.1) is 0 Å². The van der Waals surface area contributed by atoms with E-state index in [1.807, 2.05) is 21.1 Å². The summed E-state index contributed by atoms with van der Waals surface area (Å²) >= 11 is 0. The maximum Gasteiger partial charge on any atom is 0.512 e. The van der Waals surface area contributed by atoms with Crippen LogP contribution in [-0.2, 0) is 9.53 Å². The van der Waals surface area contributed by atoms with E-state index in [4.69, 9.17) is 5.53 Å². The summed E-state index contributed by atoms with van der Waals surface area (Å²) in [4.78, 5) is 13.3. The van der Waals surface area contributed by atoms with Crippen molar-refractivity contribution in [1.82, 2.24) is 0 Å². The molecule has 0 aliphatic rings. The molecule has 76 valence electrons. The highest BCUT2D eigenvalue weighted by molar-refractivity contribution is 5.84. The Hall–Kier alpha value is -0.710. The Morgan fingerprint density at radius 2 is 1.92 bits per heavy atom. The summed E-state index contributed by atoms with van der Waals surface area (Å²) in [6.07, 6.45) is 0. The van der Waals surface area contributed by atoms with Gasteiger partial charge in [0.2, 0.25) is 6.54 Å².